The Morgan fingerprint density at radius 1 is 0.913 bits per heavy atom. The Kier molecular flexibility index (Phi) is 10.6. The van der Waals surface area contributed by atoms with E-state index >= 15 is 0 Å². The first-order valence-electron chi connectivity index (χ1n) is 16.1. The maximum Gasteiger partial charge on any atom is 0.246 e. The number of hydrogen-bond donors (Lipinski definition) is 2. The number of nitrogens with one attached hydrogen (secondary N) is 2. The first-order valence-corrected chi connectivity index (χ1v) is 16.5. The average molecular weight is 644 g/mol. The van der Waals surface area contributed by atoms with Gasteiger partial charge in [-0.25, -0.2) is 0 Å². The second kappa shape index (κ2) is 14.6. The number of amides is 3. The lowest BCUT2D eigenvalue weighted by atomic mass is 9.88. The molecule has 3 aromatic carbocycles. The van der Waals surface area contributed by atoms with Crippen LogP contribution in [0.1, 0.15) is 59.2 Å². The predicted octanol–water partition coefficient (Wildman–Crippen LogP) is 5.56. The number of ketones is 1. The van der Waals surface area contributed by atoms with E-state index in [4.69, 9.17) is 11.6 Å². The summed E-state index contributed by atoms with van der Waals surface area (Å²) in [6.45, 7) is 4.15. The van der Waals surface area contributed by atoms with Gasteiger partial charge in [0, 0.05) is 42.1 Å². The molecular formula is C37H44ClN4O4+. The summed E-state index contributed by atoms with van der Waals surface area (Å²) in [6, 6.07) is 20.4. The normalized spacial score (nSPS) is 18.3. The predicted molar refractivity (Wildman–Crippen MR) is 180 cm³/mol. The summed E-state index contributed by atoms with van der Waals surface area (Å²) in [5.74, 6) is -0.754. The molecule has 2 N–H and O–H groups in total. The average Bonchev–Trinajstić information content (AvgIpc) is 3.05. The van der Waals surface area contributed by atoms with Gasteiger partial charge in [-0.05, 0) is 67.0 Å². The van der Waals surface area contributed by atoms with Crippen LogP contribution in [0.15, 0.2) is 72.8 Å². The molecule has 3 aromatic rings. The molecule has 9 heteroatoms. The molecule has 0 aliphatic carbocycles. The van der Waals surface area contributed by atoms with Crippen LogP contribution in [-0.4, -0.2) is 72.2 Å². The minimum atomic E-state index is -0.802. The third-order valence-corrected chi connectivity index (χ3v) is 9.87. The van der Waals surface area contributed by atoms with Crippen LogP contribution in [0.25, 0.3) is 0 Å². The van der Waals surface area contributed by atoms with E-state index in [2.05, 4.69) is 24.7 Å². The molecule has 0 aromatic heterocycles. The van der Waals surface area contributed by atoms with Gasteiger partial charge in [0.05, 0.1) is 27.2 Å². The van der Waals surface area contributed by atoms with E-state index in [0.717, 1.165) is 47.1 Å². The minimum absolute atomic E-state index is 0.00435. The summed E-state index contributed by atoms with van der Waals surface area (Å²) in [6.07, 6.45) is 2.81. The lowest BCUT2D eigenvalue weighted by Gasteiger charge is -2.39. The Hall–Kier alpha value is -4.01. The topological polar surface area (TPSA) is 95.6 Å². The van der Waals surface area contributed by atoms with Crippen molar-refractivity contribution >= 4 is 40.8 Å². The van der Waals surface area contributed by atoms with E-state index < -0.39 is 12.1 Å². The molecule has 0 radical (unpaired) electrons. The van der Waals surface area contributed by atoms with Crippen LogP contribution in [0.4, 0.5) is 5.69 Å². The molecule has 3 amide bonds. The summed E-state index contributed by atoms with van der Waals surface area (Å²) >= 11 is 6.21. The highest BCUT2D eigenvalue weighted by molar-refractivity contribution is 6.31. The molecule has 2 aliphatic heterocycles. The highest BCUT2D eigenvalue weighted by atomic mass is 35.5. The lowest BCUT2D eigenvalue weighted by molar-refractivity contribution is -0.896. The Bertz CT molecular complexity index is 1580. The summed E-state index contributed by atoms with van der Waals surface area (Å²) in [7, 11) is 4.43. The number of hydrogen-bond acceptors (Lipinski definition) is 4. The molecule has 2 atom stereocenters. The van der Waals surface area contributed by atoms with Crippen LogP contribution < -0.4 is 10.6 Å². The zero-order chi connectivity index (χ0) is 32.8. The fourth-order valence-electron chi connectivity index (χ4n) is 6.49. The number of Topliss-reactive ketones (excluding diaryl/α,β-unsaturated/α-hetero) is 1. The molecule has 46 heavy (non-hydrogen) atoms. The second-order valence-corrected chi connectivity index (χ2v) is 13.8. The van der Waals surface area contributed by atoms with E-state index in [1.807, 2.05) is 43.3 Å². The van der Waals surface area contributed by atoms with Gasteiger partial charge in [-0.1, -0.05) is 66.2 Å². The third kappa shape index (κ3) is 8.42. The lowest BCUT2D eigenvalue weighted by Crippen LogP contribution is -2.56. The number of likely N-dealkylation sites (tertiary alicyclic amines) is 1. The summed E-state index contributed by atoms with van der Waals surface area (Å²) in [4.78, 5) is 55.9. The van der Waals surface area contributed by atoms with Crippen molar-refractivity contribution in [1.29, 1.82) is 0 Å². The van der Waals surface area contributed by atoms with Crippen molar-refractivity contribution in [3.8, 4) is 0 Å². The van der Waals surface area contributed by atoms with Crippen LogP contribution in [0, 0.1) is 12.8 Å². The number of anilines is 1. The van der Waals surface area contributed by atoms with Crippen LogP contribution in [-0.2, 0) is 27.3 Å². The molecule has 1 saturated heterocycles. The number of carbonyl (C=O) groups excluding carboxylic acids is 4. The maximum absolute atomic E-state index is 14.1. The van der Waals surface area contributed by atoms with Crippen LogP contribution in [0.3, 0.4) is 0 Å². The van der Waals surface area contributed by atoms with Crippen molar-refractivity contribution < 1.29 is 23.7 Å². The second-order valence-electron chi connectivity index (χ2n) is 13.4. The molecule has 0 spiro atoms. The maximum atomic E-state index is 14.1. The van der Waals surface area contributed by atoms with E-state index in [0.29, 0.717) is 29.1 Å². The first-order chi connectivity index (χ1) is 22.0. The number of benzene rings is 3. The van der Waals surface area contributed by atoms with Gasteiger partial charge in [-0.15, -0.1) is 0 Å². The Morgan fingerprint density at radius 2 is 1.59 bits per heavy atom. The van der Waals surface area contributed by atoms with Crippen molar-refractivity contribution in [2.24, 2.45) is 5.92 Å². The molecule has 5 rings (SSSR count). The number of quaternary nitrogens is 1. The number of aryl methyl sites for hydroxylation is 1. The van der Waals surface area contributed by atoms with E-state index in [9.17, 15) is 19.2 Å². The standard InChI is InChI=1S/C37H43ClN4O4/c1-25-21-30(13-14-31(25)38)39-36(45)32(22-26-17-19-42(2,3)20-18-26)40-37(46)33-23-28-11-7-8-12-29(28)24-41(33)35(44)16-15-34(43)27-9-5-4-6-10-27/h4-14,21,26,32-33H,15-20,22-24H2,1-3H3,(H-,39,40,45,46)/p+1/t32?,33-/m0/s1. The Balaban J connectivity index is 1.34. The number of piperidine rings is 1. The van der Waals surface area contributed by atoms with E-state index in [-0.39, 0.29) is 48.8 Å². The van der Waals surface area contributed by atoms with Crippen LogP contribution >= 0.6 is 11.6 Å². The van der Waals surface area contributed by atoms with Gasteiger partial charge in [-0.2, -0.15) is 0 Å². The van der Waals surface area contributed by atoms with Gasteiger partial charge in [0.1, 0.15) is 12.1 Å². The Labute approximate surface area is 276 Å². The molecule has 2 heterocycles. The monoisotopic (exact) mass is 643 g/mol. The molecule has 8 nitrogen and oxygen atoms in total. The highest BCUT2D eigenvalue weighted by Gasteiger charge is 2.37. The van der Waals surface area contributed by atoms with Crippen molar-refractivity contribution in [3.63, 3.8) is 0 Å². The van der Waals surface area contributed by atoms with Crippen LogP contribution in [0.2, 0.25) is 5.02 Å². The zero-order valence-corrected chi connectivity index (χ0v) is 27.7. The number of fused-ring (bicyclic) bond motifs is 1. The van der Waals surface area contributed by atoms with Crippen molar-refractivity contribution in [2.45, 2.75) is 64.1 Å². The van der Waals surface area contributed by atoms with Crippen LogP contribution in [0.5, 0.6) is 0 Å². The van der Waals surface area contributed by atoms with Crippen molar-refractivity contribution in [2.75, 3.05) is 32.5 Å². The summed E-state index contributed by atoms with van der Waals surface area (Å²) < 4.78 is 0.940. The van der Waals surface area contributed by atoms with Gasteiger partial charge in [-0.3, -0.25) is 19.2 Å². The van der Waals surface area contributed by atoms with Gasteiger partial charge in [0.15, 0.2) is 5.78 Å². The fraction of sp³-hybridized carbons (Fsp3) is 0.405. The number of rotatable bonds is 10. The quantitative estimate of drug-likeness (QED) is 0.223. The van der Waals surface area contributed by atoms with Gasteiger partial charge in [0.25, 0.3) is 0 Å². The molecule has 1 fully saturated rings. The SMILES string of the molecule is Cc1cc(NC(=O)C(CC2CC[N+](C)(C)CC2)NC(=O)[C@@H]2Cc3ccccc3CN2C(=O)CCC(=O)c2ccccc2)ccc1Cl. The number of carbonyl (C=O) groups is 4. The summed E-state index contributed by atoms with van der Waals surface area (Å²) in [5, 5.41) is 6.66. The van der Waals surface area contributed by atoms with Gasteiger partial charge in [0.2, 0.25) is 17.7 Å². The van der Waals surface area contributed by atoms with Crippen molar-refractivity contribution in [1.82, 2.24) is 10.2 Å². The highest BCUT2D eigenvalue weighted by Crippen LogP contribution is 2.28. The van der Waals surface area contributed by atoms with E-state index in [1.54, 1.807) is 41.3 Å². The van der Waals surface area contributed by atoms with Gasteiger partial charge < -0.3 is 20.0 Å². The number of halogens is 1. The fourth-order valence-corrected chi connectivity index (χ4v) is 6.61. The molecule has 0 bridgehead atoms. The molecular weight excluding hydrogens is 600 g/mol. The molecule has 1 unspecified atom stereocenters. The largest absolute Gasteiger partial charge is 0.342 e. The number of nitrogens with zero attached hydrogens (tertiary/aromatic N) is 2. The zero-order valence-electron chi connectivity index (χ0n) is 26.9. The minimum Gasteiger partial charge on any atom is -0.342 e. The third-order valence-electron chi connectivity index (χ3n) is 9.45. The van der Waals surface area contributed by atoms with Crippen molar-refractivity contribution in [3.05, 3.63) is 100 Å². The Morgan fingerprint density at radius 3 is 2.28 bits per heavy atom. The van der Waals surface area contributed by atoms with E-state index in [1.165, 1.54) is 0 Å². The molecule has 2 aliphatic rings. The van der Waals surface area contributed by atoms with Gasteiger partial charge >= 0.3 is 0 Å². The molecule has 0 saturated carbocycles. The first kappa shape index (κ1) is 33.4. The molecule has 242 valence electrons. The smallest absolute Gasteiger partial charge is 0.246 e. The summed E-state index contributed by atoms with van der Waals surface area (Å²) in [5.41, 5.74) is 3.98.